The standard InChI is InChI=1S/C38H46N2O2/c41-26-33-9-5-4-8-32(33)23-39-24-34(25-39)40-20-18-28(19-21-40)27-10-12-30(13-11-27)38-36(29-6-2-1-3-7-29)16-14-31-22-35(42)15-17-37(31)38/h1-3,6-7,10-13,15,17,22,26,28,32-34,36,38,42H,4-5,8-9,14,16,18-21,23-25H2/t32-,33-,36?,38?/m1/s1. The number of phenolic OH excluding ortho intramolecular Hbond substituents is 1. The van der Waals surface area contributed by atoms with Crippen LogP contribution in [0.4, 0.5) is 0 Å². The molecule has 3 aromatic carbocycles. The van der Waals surface area contributed by atoms with Crippen molar-refractivity contribution in [3.63, 3.8) is 0 Å². The number of carbonyl (C=O) groups is 1. The number of hydrogen-bond donors (Lipinski definition) is 1. The van der Waals surface area contributed by atoms with E-state index in [0.717, 1.165) is 25.8 Å². The van der Waals surface area contributed by atoms with Crippen LogP contribution in [0.3, 0.4) is 0 Å². The lowest BCUT2D eigenvalue weighted by Crippen LogP contribution is -2.61. The zero-order valence-electron chi connectivity index (χ0n) is 24.9. The van der Waals surface area contributed by atoms with Crippen molar-refractivity contribution < 1.29 is 9.90 Å². The van der Waals surface area contributed by atoms with Crippen molar-refractivity contribution in [2.75, 3.05) is 32.7 Å². The molecule has 0 aromatic heterocycles. The zero-order valence-corrected chi connectivity index (χ0v) is 24.9. The molecule has 2 heterocycles. The Balaban J connectivity index is 0.980. The van der Waals surface area contributed by atoms with Gasteiger partial charge in [-0.15, -0.1) is 0 Å². The highest BCUT2D eigenvalue weighted by atomic mass is 16.3. The lowest BCUT2D eigenvalue weighted by Gasteiger charge is -2.49. The van der Waals surface area contributed by atoms with Crippen molar-refractivity contribution in [3.05, 3.63) is 101 Å². The minimum Gasteiger partial charge on any atom is -0.508 e. The maximum Gasteiger partial charge on any atom is 0.123 e. The summed E-state index contributed by atoms with van der Waals surface area (Å²) in [7, 11) is 0. The summed E-state index contributed by atoms with van der Waals surface area (Å²) in [5.41, 5.74) is 6.95. The van der Waals surface area contributed by atoms with Crippen LogP contribution in [-0.4, -0.2) is 60.0 Å². The largest absolute Gasteiger partial charge is 0.508 e. The predicted molar refractivity (Wildman–Crippen MR) is 169 cm³/mol. The normalized spacial score (nSPS) is 27.7. The number of carbonyl (C=O) groups excluding carboxylic acids is 1. The van der Waals surface area contributed by atoms with Gasteiger partial charge in [-0.05, 0) is 109 Å². The summed E-state index contributed by atoms with van der Waals surface area (Å²) < 4.78 is 0. The van der Waals surface area contributed by atoms with Crippen LogP contribution < -0.4 is 0 Å². The Hall–Kier alpha value is -2.95. The highest BCUT2D eigenvalue weighted by Gasteiger charge is 2.37. The Morgan fingerprint density at radius 1 is 0.786 bits per heavy atom. The van der Waals surface area contributed by atoms with Gasteiger partial charge >= 0.3 is 0 Å². The van der Waals surface area contributed by atoms with E-state index in [1.54, 1.807) is 0 Å². The first-order valence-electron chi connectivity index (χ1n) is 16.5. The van der Waals surface area contributed by atoms with Gasteiger partial charge in [-0.3, -0.25) is 9.80 Å². The van der Waals surface area contributed by atoms with Gasteiger partial charge in [0, 0.05) is 37.5 Å². The molecule has 2 aliphatic heterocycles. The lowest BCUT2D eigenvalue weighted by molar-refractivity contribution is -0.114. The summed E-state index contributed by atoms with van der Waals surface area (Å²) in [6.45, 7) is 5.89. The number of aromatic hydroxyl groups is 1. The molecule has 0 spiro atoms. The van der Waals surface area contributed by atoms with Crippen molar-refractivity contribution in [3.8, 4) is 5.75 Å². The number of piperidine rings is 1. The molecule has 1 N–H and O–H groups in total. The maximum atomic E-state index is 11.5. The number of rotatable bonds is 7. The zero-order chi connectivity index (χ0) is 28.5. The van der Waals surface area contributed by atoms with Crippen LogP contribution in [0.1, 0.15) is 90.5 Å². The molecule has 2 aliphatic carbocycles. The Bertz CT molecular complexity index is 1340. The minimum atomic E-state index is 0.297. The summed E-state index contributed by atoms with van der Waals surface area (Å²) in [5, 5.41) is 10.2. The smallest absolute Gasteiger partial charge is 0.123 e. The Kier molecular flexibility index (Phi) is 8.19. The second kappa shape index (κ2) is 12.3. The summed E-state index contributed by atoms with van der Waals surface area (Å²) >= 11 is 0. The minimum absolute atomic E-state index is 0.297. The molecule has 0 bridgehead atoms. The number of nitrogens with zero attached hydrogens (tertiary/aromatic N) is 2. The molecule has 4 atom stereocenters. The highest BCUT2D eigenvalue weighted by molar-refractivity contribution is 5.54. The molecule has 4 aliphatic rings. The third-order valence-electron chi connectivity index (χ3n) is 11.2. The quantitative estimate of drug-likeness (QED) is 0.311. The number of hydrogen-bond acceptors (Lipinski definition) is 4. The van der Waals surface area contributed by atoms with Crippen molar-refractivity contribution in [2.24, 2.45) is 11.8 Å². The van der Waals surface area contributed by atoms with E-state index in [4.69, 9.17) is 0 Å². The number of fused-ring (bicyclic) bond motifs is 1. The summed E-state index contributed by atoms with van der Waals surface area (Å²) in [6.07, 6.45) is 10.7. The van der Waals surface area contributed by atoms with Gasteiger partial charge in [0.2, 0.25) is 0 Å². The molecule has 42 heavy (non-hydrogen) atoms. The van der Waals surface area contributed by atoms with Crippen molar-refractivity contribution in [1.82, 2.24) is 9.80 Å². The van der Waals surface area contributed by atoms with E-state index in [-0.39, 0.29) is 0 Å². The first kappa shape index (κ1) is 27.9. The number of aryl methyl sites for hydroxylation is 1. The Morgan fingerprint density at radius 3 is 2.29 bits per heavy atom. The molecule has 3 aromatic rings. The molecule has 0 amide bonds. The number of aldehydes is 1. The number of likely N-dealkylation sites (tertiary alicyclic amines) is 2. The van der Waals surface area contributed by atoms with Gasteiger partial charge in [0.1, 0.15) is 12.0 Å². The van der Waals surface area contributed by atoms with Crippen LogP contribution in [-0.2, 0) is 11.2 Å². The van der Waals surface area contributed by atoms with Crippen LogP contribution in [0.15, 0.2) is 72.8 Å². The fourth-order valence-electron chi connectivity index (χ4n) is 8.75. The molecule has 7 rings (SSSR count). The molecule has 4 heteroatoms. The van der Waals surface area contributed by atoms with E-state index >= 15 is 0 Å². The molecule has 220 valence electrons. The number of phenols is 1. The average Bonchev–Trinajstić information content (AvgIpc) is 3.03. The molecule has 0 radical (unpaired) electrons. The molecule has 4 nitrogen and oxygen atoms in total. The maximum absolute atomic E-state index is 11.5. The van der Waals surface area contributed by atoms with Gasteiger partial charge in [-0.1, -0.05) is 73.5 Å². The Morgan fingerprint density at radius 2 is 1.52 bits per heavy atom. The van der Waals surface area contributed by atoms with Gasteiger partial charge in [-0.2, -0.15) is 0 Å². The summed E-state index contributed by atoms with van der Waals surface area (Å²) in [6, 6.07) is 27.3. The predicted octanol–water partition coefficient (Wildman–Crippen LogP) is 7.12. The SMILES string of the molecule is O=C[C@H]1CCCC[C@@H]1CN1CC(N2CCC(c3ccc(C4c5ccc(O)cc5CCC4c4ccccc4)cc3)CC2)C1. The van der Waals surface area contributed by atoms with Gasteiger partial charge in [0.25, 0.3) is 0 Å². The van der Waals surface area contributed by atoms with Crippen LogP contribution in [0.5, 0.6) is 5.75 Å². The highest BCUT2D eigenvalue weighted by Crippen LogP contribution is 2.47. The van der Waals surface area contributed by atoms with E-state index in [9.17, 15) is 9.90 Å². The van der Waals surface area contributed by atoms with Crippen LogP contribution in [0.25, 0.3) is 0 Å². The van der Waals surface area contributed by atoms with E-state index in [1.165, 1.54) is 92.4 Å². The molecule has 2 saturated heterocycles. The first-order chi connectivity index (χ1) is 20.7. The fraction of sp³-hybridized carbons (Fsp3) is 0.500. The van der Waals surface area contributed by atoms with E-state index in [1.807, 2.05) is 12.1 Å². The number of benzene rings is 3. The topological polar surface area (TPSA) is 43.8 Å². The summed E-state index contributed by atoms with van der Waals surface area (Å²) in [4.78, 5) is 16.9. The van der Waals surface area contributed by atoms with Gasteiger partial charge in [0.15, 0.2) is 0 Å². The van der Waals surface area contributed by atoms with Gasteiger partial charge in [-0.25, -0.2) is 0 Å². The van der Waals surface area contributed by atoms with Crippen molar-refractivity contribution in [1.29, 1.82) is 0 Å². The lowest BCUT2D eigenvalue weighted by atomic mass is 9.69. The van der Waals surface area contributed by atoms with Gasteiger partial charge < -0.3 is 9.90 Å². The van der Waals surface area contributed by atoms with Crippen LogP contribution >= 0.6 is 0 Å². The third kappa shape index (κ3) is 5.68. The van der Waals surface area contributed by atoms with Crippen molar-refractivity contribution in [2.45, 2.75) is 75.2 Å². The molecule has 1 saturated carbocycles. The van der Waals surface area contributed by atoms with Crippen molar-refractivity contribution >= 4 is 6.29 Å². The fourth-order valence-corrected chi connectivity index (χ4v) is 8.75. The third-order valence-corrected chi connectivity index (χ3v) is 11.2. The molecular weight excluding hydrogens is 516 g/mol. The summed E-state index contributed by atoms with van der Waals surface area (Å²) in [5.74, 6) is 2.65. The second-order valence-electron chi connectivity index (χ2n) is 13.6. The van der Waals surface area contributed by atoms with E-state index in [0.29, 0.717) is 41.4 Å². The monoisotopic (exact) mass is 562 g/mol. The Labute approximate surface area is 251 Å². The molecule has 2 unspecified atom stereocenters. The van der Waals surface area contributed by atoms with E-state index < -0.39 is 0 Å². The van der Waals surface area contributed by atoms with E-state index in [2.05, 4.69) is 70.5 Å². The van der Waals surface area contributed by atoms with Gasteiger partial charge in [0.05, 0.1) is 0 Å². The molecular formula is C38H46N2O2. The first-order valence-corrected chi connectivity index (χ1v) is 16.5. The molecule has 3 fully saturated rings. The van der Waals surface area contributed by atoms with Crippen LogP contribution in [0.2, 0.25) is 0 Å². The van der Waals surface area contributed by atoms with Crippen LogP contribution in [0, 0.1) is 11.8 Å². The average molecular weight is 563 g/mol. The second-order valence-corrected chi connectivity index (χ2v) is 13.6.